The maximum absolute atomic E-state index is 12.6. The summed E-state index contributed by atoms with van der Waals surface area (Å²) in [5.74, 6) is 1.32. The van der Waals surface area contributed by atoms with Crippen LogP contribution < -0.4 is 14.2 Å². The predicted octanol–water partition coefficient (Wildman–Crippen LogP) is 2.84. The lowest BCUT2D eigenvalue weighted by Gasteiger charge is -2.11. The molecule has 7 nitrogen and oxygen atoms in total. The smallest absolute Gasteiger partial charge is 0.241 e. The first-order valence-electron chi connectivity index (χ1n) is 7.74. The standard InChI is InChI=1S/C18H18N2O5S/c1-23-16-9-8-14(10-17(16)24-2)26(21,22)20-11-15-18(25-12-19-15)13-6-4-3-5-7-13/h3-10,12,20H,11H2,1-2H3. The van der Waals surface area contributed by atoms with E-state index in [2.05, 4.69) is 9.71 Å². The summed E-state index contributed by atoms with van der Waals surface area (Å²) in [6.45, 7) is -0.00257. The van der Waals surface area contributed by atoms with E-state index < -0.39 is 10.0 Å². The van der Waals surface area contributed by atoms with Crippen LogP contribution in [0.4, 0.5) is 0 Å². The second-order valence-electron chi connectivity index (χ2n) is 5.34. The Morgan fingerprint density at radius 2 is 1.77 bits per heavy atom. The number of hydrogen-bond donors (Lipinski definition) is 1. The van der Waals surface area contributed by atoms with Crippen molar-refractivity contribution in [1.29, 1.82) is 0 Å². The van der Waals surface area contributed by atoms with E-state index in [1.165, 1.54) is 32.7 Å². The number of benzene rings is 2. The van der Waals surface area contributed by atoms with Crippen LogP contribution in [0, 0.1) is 0 Å². The van der Waals surface area contributed by atoms with Crippen LogP contribution in [0.25, 0.3) is 11.3 Å². The molecule has 0 radical (unpaired) electrons. The molecule has 0 unspecified atom stereocenters. The molecule has 0 aliphatic carbocycles. The van der Waals surface area contributed by atoms with E-state index in [9.17, 15) is 8.42 Å². The first kappa shape index (κ1) is 18.0. The number of methoxy groups -OCH3 is 2. The van der Waals surface area contributed by atoms with Crippen molar-refractivity contribution >= 4 is 10.0 Å². The Bertz CT molecular complexity index is 984. The summed E-state index contributed by atoms with van der Waals surface area (Å²) in [5, 5.41) is 0. The van der Waals surface area contributed by atoms with E-state index in [-0.39, 0.29) is 11.4 Å². The lowest BCUT2D eigenvalue weighted by atomic mass is 10.1. The van der Waals surface area contributed by atoms with Gasteiger partial charge in [0.15, 0.2) is 23.7 Å². The molecule has 136 valence electrons. The first-order valence-corrected chi connectivity index (χ1v) is 9.23. The van der Waals surface area contributed by atoms with Gasteiger partial charge in [0.2, 0.25) is 10.0 Å². The van der Waals surface area contributed by atoms with Crippen molar-refractivity contribution in [2.45, 2.75) is 11.4 Å². The summed E-state index contributed by atoms with van der Waals surface area (Å²) in [7, 11) is -0.826. The Morgan fingerprint density at radius 3 is 2.46 bits per heavy atom. The monoisotopic (exact) mass is 374 g/mol. The van der Waals surface area contributed by atoms with Crippen molar-refractivity contribution < 1.29 is 22.3 Å². The Balaban J connectivity index is 1.81. The molecule has 0 saturated carbocycles. The summed E-state index contributed by atoms with van der Waals surface area (Å²) in [6.07, 6.45) is 1.29. The van der Waals surface area contributed by atoms with Crippen molar-refractivity contribution in [1.82, 2.24) is 9.71 Å². The zero-order valence-corrected chi connectivity index (χ0v) is 15.1. The van der Waals surface area contributed by atoms with E-state index in [0.29, 0.717) is 23.0 Å². The van der Waals surface area contributed by atoms with Crippen molar-refractivity contribution in [2.24, 2.45) is 0 Å². The second-order valence-corrected chi connectivity index (χ2v) is 7.10. The van der Waals surface area contributed by atoms with Crippen LogP contribution in [-0.4, -0.2) is 27.6 Å². The summed E-state index contributed by atoms with van der Waals surface area (Å²) in [6, 6.07) is 13.8. The van der Waals surface area contributed by atoms with Gasteiger partial charge in [-0.2, -0.15) is 0 Å². The highest BCUT2D eigenvalue weighted by atomic mass is 32.2. The highest BCUT2D eigenvalue weighted by Gasteiger charge is 2.19. The van der Waals surface area contributed by atoms with Gasteiger partial charge in [-0.25, -0.2) is 18.1 Å². The van der Waals surface area contributed by atoms with Crippen LogP contribution in [0.1, 0.15) is 5.69 Å². The third-order valence-electron chi connectivity index (χ3n) is 3.77. The molecule has 0 atom stereocenters. The maximum Gasteiger partial charge on any atom is 0.241 e. The number of nitrogens with zero attached hydrogens (tertiary/aromatic N) is 1. The normalized spacial score (nSPS) is 11.3. The number of oxazole rings is 1. The molecule has 0 spiro atoms. The fraction of sp³-hybridized carbons (Fsp3) is 0.167. The maximum atomic E-state index is 12.6. The van der Waals surface area contributed by atoms with Gasteiger partial charge in [0.05, 0.1) is 25.7 Å². The van der Waals surface area contributed by atoms with Gasteiger partial charge in [-0.05, 0) is 12.1 Å². The molecule has 1 aromatic heterocycles. The largest absolute Gasteiger partial charge is 0.493 e. The fourth-order valence-corrected chi connectivity index (χ4v) is 3.45. The van der Waals surface area contributed by atoms with Gasteiger partial charge in [-0.1, -0.05) is 30.3 Å². The zero-order valence-electron chi connectivity index (χ0n) is 14.3. The average Bonchev–Trinajstić information content (AvgIpc) is 3.15. The first-order chi connectivity index (χ1) is 12.5. The quantitative estimate of drug-likeness (QED) is 0.684. The number of hydrogen-bond acceptors (Lipinski definition) is 6. The molecule has 26 heavy (non-hydrogen) atoms. The number of ether oxygens (including phenoxy) is 2. The molecule has 2 aromatic carbocycles. The second kappa shape index (κ2) is 7.59. The van der Waals surface area contributed by atoms with E-state index in [0.717, 1.165) is 5.56 Å². The van der Waals surface area contributed by atoms with Gasteiger partial charge in [0, 0.05) is 11.6 Å². The minimum atomic E-state index is -3.76. The molecule has 0 amide bonds. The van der Waals surface area contributed by atoms with E-state index >= 15 is 0 Å². The molecular weight excluding hydrogens is 356 g/mol. The molecule has 3 rings (SSSR count). The van der Waals surface area contributed by atoms with Crippen molar-refractivity contribution in [3.63, 3.8) is 0 Å². The zero-order chi connectivity index (χ0) is 18.6. The van der Waals surface area contributed by atoms with Gasteiger partial charge in [0.1, 0.15) is 5.69 Å². The summed E-state index contributed by atoms with van der Waals surface area (Å²) in [5.41, 5.74) is 1.32. The van der Waals surface area contributed by atoms with E-state index in [4.69, 9.17) is 13.9 Å². The molecule has 0 aliphatic heterocycles. The minimum Gasteiger partial charge on any atom is -0.493 e. The number of rotatable bonds is 7. The van der Waals surface area contributed by atoms with Crippen LogP contribution >= 0.6 is 0 Å². The highest BCUT2D eigenvalue weighted by molar-refractivity contribution is 7.89. The Hall–Kier alpha value is -2.84. The highest BCUT2D eigenvalue weighted by Crippen LogP contribution is 2.29. The van der Waals surface area contributed by atoms with Crippen molar-refractivity contribution in [3.8, 4) is 22.8 Å². The van der Waals surface area contributed by atoms with Crippen LogP contribution in [0.15, 0.2) is 64.2 Å². The molecule has 0 fully saturated rings. The Morgan fingerprint density at radius 1 is 1.04 bits per heavy atom. The molecular formula is C18H18N2O5S. The molecule has 8 heteroatoms. The van der Waals surface area contributed by atoms with Crippen LogP contribution in [0.2, 0.25) is 0 Å². The third-order valence-corrected chi connectivity index (χ3v) is 5.17. The molecule has 1 N–H and O–H groups in total. The Kier molecular flexibility index (Phi) is 5.24. The topological polar surface area (TPSA) is 90.7 Å². The summed E-state index contributed by atoms with van der Waals surface area (Å²) < 4.78 is 43.4. The molecule has 3 aromatic rings. The molecule has 1 heterocycles. The number of nitrogens with one attached hydrogen (secondary N) is 1. The van der Waals surface area contributed by atoms with E-state index in [1.54, 1.807) is 6.07 Å². The lowest BCUT2D eigenvalue weighted by Crippen LogP contribution is -2.23. The van der Waals surface area contributed by atoms with Gasteiger partial charge < -0.3 is 13.9 Å². The van der Waals surface area contributed by atoms with Gasteiger partial charge in [0.25, 0.3) is 0 Å². The van der Waals surface area contributed by atoms with Crippen molar-refractivity contribution in [3.05, 3.63) is 60.6 Å². The van der Waals surface area contributed by atoms with Crippen LogP contribution in [0.3, 0.4) is 0 Å². The number of sulfonamides is 1. The fourth-order valence-electron chi connectivity index (χ4n) is 2.45. The van der Waals surface area contributed by atoms with Gasteiger partial charge in [-0.3, -0.25) is 0 Å². The molecule has 0 bridgehead atoms. The Labute approximate surface area is 151 Å². The summed E-state index contributed by atoms with van der Waals surface area (Å²) in [4.78, 5) is 4.18. The van der Waals surface area contributed by atoms with Crippen LogP contribution in [-0.2, 0) is 16.6 Å². The predicted molar refractivity (Wildman–Crippen MR) is 95.5 cm³/mol. The SMILES string of the molecule is COc1ccc(S(=O)(=O)NCc2ncoc2-c2ccccc2)cc1OC. The summed E-state index contributed by atoms with van der Waals surface area (Å²) >= 11 is 0. The minimum absolute atomic E-state index is 0.00257. The van der Waals surface area contributed by atoms with Crippen molar-refractivity contribution in [2.75, 3.05) is 14.2 Å². The molecule has 0 aliphatic rings. The van der Waals surface area contributed by atoms with Gasteiger partial charge >= 0.3 is 0 Å². The third kappa shape index (κ3) is 3.71. The van der Waals surface area contributed by atoms with Crippen LogP contribution in [0.5, 0.6) is 11.5 Å². The van der Waals surface area contributed by atoms with Gasteiger partial charge in [-0.15, -0.1) is 0 Å². The number of aromatic nitrogens is 1. The average molecular weight is 374 g/mol. The molecule has 0 saturated heterocycles. The van der Waals surface area contributed by atoms with E-state index in [1.807, 2.05) is 30.3 Å². The lowest BCUT2D eigenvalue weighted by molar-refractivity contribution is 0.354.